The molecule has 1 aromatic heterocycles. The molecular formula is C12H19FN2O3S. The first-order valence-corrected chi connectivity index (χ1v) is 7.39. The number of sulfonamides is 1. The van der Waals surface area contributed by atoms with Crippen molar-refractivity contribution in [2.45, 2.75) is 38.1 Å². The third-order valence-electron chi connectivity index (χ3n) is 2.75. The van der Waals surface area contributed by atoms with E-state index in [1.54, 1.807) is 0 Å². The van der Waals surface area contributed by atoms with E-state index >= 15 is 0 Å². The minimum Gasteiger partial charge on any atom is -0.396 e. The van der Waals surface area contributed by atoms with Crippen LogP contribution in [0.15, 0.2) is 23.4 Å². The minimum absolute atomic E-state index is 0.133. The molecule has 1 unspecified atom stereocenters. The second-order valence-electron chi connectivity index (χ2n) is 5.39. The number of rotatable bonds is 5. The van der Waals surface area contributed by atoms with Crippen LogP contribution in [0.4, 0.5) is 4.39 Å². The summed E-state index contributed by atoms with van der Waals surface area (Å²) in [7, 11) is -3.85. The molecule has 0 fully saturated rings. The van der Waals surface area contributed by atoms with Gasteiger partial charge < -0.3 is 5.11 Å². The molecule has 0 bridgehead atoms. The smallest absolute Gasteiger partial charge is 0.242 e. The summed E-state index contributed by atoms with van der Waals surface area (Å²) in [6.07, 6.45) is 2.31. The summed E-state index contributed by atoms with van der Waals surface area (Å²) in [6, 6.07) is 0.458. The molecule has 7 heteroatoms. The zero-order valence-electron chi connectivity index (χ0n) is 11.2. The molecule has 0 radical (unpaired) electrons. The molecule has 1 atom stereocenters. The van der Waals surface area contributed by atoms with Gasteiger partial charge in [0.25, 0.3) is 0 Å². The van der Waals surface area contributed by atoms with Crippen LogP contribution in [-0.2, 0) is 10.0 Å². The van der Waals surface area contributed by atoms with Gasteiger partial charge in [0.15, 0.2) is 0 Å². The lowest BCUT2D eigenvalue weighted by atomic mass is 9.86. The standard InChI is InChI=1S/C12H19FN2O3S/c1-12(2,3)11(4-5-16)15-19(17,18)10-6-9(13)7-14-8-10/h6-8,11,15-16H,4-5H2,1-3H3. The van der Waals surface area contributed by atoms with Crippen molar-refractivity contribution in [1.29, 1.82) is 0 Å². The van der Waals surface area contributed by atoms with Crippen LogP contribution in [0.5, 0.6) is 0 Å². The first-order valence-electron chi connectivity index (χ1n) is 5.90. The van der Waals surface area contributed by atoms with Gasteiger partial charge in [0.2, 0.25) is 10.0 Å². The summed E-state index contributed by atoms with van der Waals surface area (Å²) in [5.74, 6) is -0.711. The maximum atomic E-state index is 13.0. The van der Waals surface area contributed by atoms with Crippen LogP contribution < -0.4 is 4.72 Å². The predicted octanol–water partition coefficient (Wildman–Crippen LogP) is 1.30. The molecule has 1 aromatic rings. The fraction of sp³-hybridized carbons (Fsp3) is 0.583. The fourth-order valence-corrected chi connectivity index (χ4v) is 3.04. The van der Waals surface area contributed by atoms with Crippen LogP contribution in [0.3, 0.4) is 0 Å². The third kappa shape index (κ3) is 4.52. The Morgan fingerprint density at radius 2 is 2.05 bits per heavy atom. The Morgan fingerprint density at radius 3 is 2.53 bits per heavy atom. The number of aliphatic hydroxyl groups excluding tert-OH is 1. The molecule has 0 spiro atoms. The average Bonchev–Trinajstić information content (AvgIpc) is 2.27. The molecule has 0 aliphatic heterocycles. The highest BCUT2D eigenvalue weighted by Crippen LogP contribution is 2.23. The lowest BCUT2D eigenvalue weighted by molar-refractivity contribution is 0.214. The van der Waals surface area contributed by atoms with Crippen molar-refractivity contribution in [3.05, 3.63) is 24.3 Å². The molecular weight excluding hydrogens is 271 g/mol. The van der Waals surface area contributed by atoms with E-state index in [1.807, 2.05) is 20.8 Å². The van der Waals surface area contributed by atoms with Gasteiger partial charge in [-0.1, -0.05) is 20.8 Å². The van der Waals surface area contributed by atoms with Gasteiger partial charge in [-0.15, -0.1) is 0 Å². The minimum atomic E-state index is -3.85. The molecule has 19 heavy (non-hydrogen) atoms. The lowest BCUT2D eigenvalue weighted by Gasteiger charge is -2.30. The van der Waals surface area contributed by atoms with Crippen LogP contribution in [-0.4, -0.2) is 31.2 Å². The van der Waals surface area contributed by atoms with Crippen molar-refractivity contribution in [2.75, 3.05) is 6.61 Å². The van der Waals surface area contributed by atoms with E-state index in [9.17, 15) is 12.8 Å². The Kier molecular flexibility index (Phi) is 5.00. The highest BCUT2D eigenvalue weighted by molar-refractivity contribution is 7.89. The SMILES string of the molecule is CC(C)(C)C(CCO)NS(=O)(=O)c1cncc(F)c1. The second-order valence-corrected chi connectivity index (χ2v) is 7.11. The Labute approximate surface area is 112 Å². The molecule has 2 N–H and O–H groups in total. The first kappa shape index (κ1) is 16.0. The number of nitrogens with one attached hydrogen (secondary N) is 1. The quantitative estimate of drug-likeness (QED) is 0.856. The maximum absolute atomic E-state index is 13.0. The molecule has 0 aromatic carbocycles. The predicted molar refractivity (Wildman–Crippen MR) is 69.5 cm³/mol. The molecule has 108 valence electrons. The largest absolute Gasteiger partial charge is 0.396 e. The number of nitrogens with zero attached hydrogens (tertiary/aromatic N) is 1. The number of aliphatic hydroxyl groups is 1. The van der Waals surface area contributed by atoms with Crippen LogP contribution in [0, 0.1) is 11.2 Å². The normalized spacial score (nSPS) is 14.4. The number of halogens is 1. The van der Waals surface area contributed by atoms with Gasteiger partial charge in [0.1, 0.15) is 10.7 Å². The van der Waals surface area contributed by atoms with Gasteiger partial charge in [-0.2, -0.15) is 0 Å². The van der Waals surface area contributed by atoms with E-state index in [2.05, 4.69) is 9.71 Å². The summed E-state index contributed by atoms with van der Waals surface area (Å²) in [6.45, 7) is 5.45. The van der Waals surface area contributed by atoms with E-state index < -0.39 is 21.9 Å². The third-order valence-corrected chi connectivity index (χ3v) is 4.19. The first-order chi connectivity index (χ1) is 8.66. The Bertz CT molecular complexity index is 526. The van der Waals surface area contributed by atoms with Crippen molar-refractivity contribution in [3.8, 4) is 0 Å². The van der Waals surface area contributed by atoms with E-state index in [1.165, 1.54) is 0 Å². The topological polar surface area (TPSA) is 79.3 Å². The van der Waals surface area contributed by atoms with Gasteiger partial charge in [-0.3, -0.25) is 4.98 Å². The van der Waals surface area contributed by atoms with Crippen molar-refractivity contribution < 1.29 is 17.9 Å². The van der Waals surface area contributed by atoms with E-state index in [0.717, 1.165) is 18.5 Å². The maximum Gasteiger partial charge on any atom is 0.242 e. The molecule has 0 aliphatic carbocycles. The summed E-state index contributed by atoms with van der Waals surface area (Å²) >= 11 is 0. The van der Waals surface area contributed by atoms with Crippen molar-refractivity contribution in [1.82, 2.24) is 9.71 Å². The zero-order chi connectivity index (χ0) is 14.7. The Balaban J connectivity index is 3.01. The molecule has 0 amide bonds. The summed E-state index contributed by atoms with van der Waals surface area (Å²) < 4.78 is 39.7. The van der Waals surface area contributed by atoms with E-state index in [0.29, 0.717) is 0 Å². The Morgan fingerprint density at radius 1 is 1.42 bits per heavy atom. The van der Waals surface area contributed by atoms with Crippen LogP contribution >= 0.6 is 0 Å². The van der Waals surface area contributed by atoms with Crippen molar-refractivity contribution in [2.24, 2.45) is 5.41 Å². The van der Waals surface area contributed by atoms with Crippen molar-refractivity contribution in [3.63, 3.8) is 0 Å². The van der Waals surface area contributed by atoms with Crippen LogP contribution in [0.1, 0.15) is 27.2 Å². The van der Waals surface area contributed by atoms with Gasteiger partial charge in [0, 0.05) is 18.8 Å². The molecule has 5 nitrogen and oxygen atoms in total. The monoisotopic (exact) mass is 290 g/mol. The average molecular weight is 290 g/mol. The second kappa shape index (κ2) is 5.94. The van der Waals surface area contributed by atoms with Crippen molar-refractivity contribution >= 4 is 10.0 Å². The van der Waals surface area contributed by atoms with Gasteiger partial charge in [0.05, 0.1) is 6.20 Å². The number of pyridine rings is 1. The number of aromatic nitrogens is 1. The highest BCUT2D eigenvalue weighted by Gasteiger charge is 2.29. The van der Waals surface area contributed by atoms with Crippen LogP contribution in [0.2, 0.25) is 0 Å². The molecule has 1 heterocycles. The number of hydrogen-bond donors (Lipinski definition) is 2. The van der Waals surface area contributed by atoms with Gasteiger partial charge in [-0.05, 0) is 17.9 Å². The lowest BCUT2D eigenvalue weighted by Crippen LogP contribution is -2.44. The summed E-state index contributed by atoms with van der Waals surface area (Å²) in [5.41, 5.74) is -0.365. The Hall–Kier alpha value is -1.05. The zero-order valence-corrected chi connectivity index (χ0v) is 12.0. The van der Waals surface area contributed by atoms with Crippen LogP contribution in [0.25, 0.3) is 0 Å². The van der Waals surface area contributed by atoms with Gasteiger partial charge in [-0.25, -0.2) is 17.5 Å². The van der Waals surface area contributed by atoms with E-state index in [4.69, 9.17) is 5.11 Å². The van der Waals surface area contributed by atoms with Gasteiger partial charge >= 0.3 is 0 Å². The summed E-state index contributed by atoms with van der Waals surface area (Å²) in [5, 5.41) is 9.00. The molecule has 0 saturated carbocycles. The van der Waals surface area contributed by atoms with E-state index in [-0.39, 0.29) is 23.3 Å². The summed E-state index contributed by atoms with van der Waals surface area (Å²) in [4.78, 5) is 3.30. The number of hydrogen-bond acceptors (Lipinski definition) is 4. The molecule has 1 rings (SSSR count). The molecule has 0 aliphatic rings. The highest BCUT2D eigenvalue weighted by atomic mass is 32.2. The fourth-order valence-electron chi connectivity index (χ4n) is 1.59. The molecule has 0 saturated heterocycles.